The molecule has 0 saturated heterocycles. The van der Waals surface area contributed by atoms with Crippen LogP contribution in [0.2, 0.25) is 0 Å². The molecule has 0 aliphatic carbocycles. The molecule has 0 rings (SSSR count). The lowest BCUT2D eigenvalue weighted by Crippen LogP contribution is -1.85. The molecule has 0 aromatic rings. The first kappa shape index (κ1) is 1.38. The van der Waals surface area contributed by atoms with Gasteiger partial charge in [0.25, 0.3) is 0 Å². The van der Waals surface area contributed by atoms with Gasteiger partial charge in [-0.05, 0) is 0 Å². The zero-order valence-corrected chi connectivity index (χ0v) is 2.23. The van der Waals surface area contributed by atoms with Gasteiger partial charge in [-0.25, -0.2) is 0 Å². The van der Waals surface area contributed by atoms with Crippen LogP contribution in [0.15, 0.2) is 0 Å². The number of aliphatic hydroxyl groups excluding tert-OH is 2. The SMILES string of the molecule is [2H]OCCO[2H]. The summed E-state index contributed by atoms with van der Waals surface area (Å²) in [7, 11) is 0. The standard InChI is InChI=1S/C2H6O2/c3-1-2-4/h3-4H,1-2H2/i3D,4D. The predicted molar refractivity (Wildman–Crippen MR) is 14.2 cm³/mol. The average Bonchev–Trinajstić information content (AvgIpc) is 1.61. The van der Waals surface area contributed by atoms with E-state index in [2.05, 4.69) is 10.2 Å². The van der Waals surface area contributed by atoms with Gasteiger partial charge in [0.2, 0.25) is 2.86 Å². The Morgan fingerprint density at radius 3 is 2.25 bits per heavy atom. The molecule has 0 amide bonds. The van der Waals surface area contributed by atoms with Gasteiger partial charge < -0.3 is 10.2 Å². The largest absolute Gasteiger partial charge is 0.394 e. The molecule has 2 nitrogen and oxygen atoms in total. The maximum atomic E-state index is 6.04. The number of rotatable bonds is 3. The van der Waals surface area contributed by atoms with Gasteiger partial charge in [-0.15, -0.1) is 0 Å². The van der Waals surface area contributed by atoms with Crippen LogP contribution in [0, 0.1) is 0 Å². The highest BCUT2D eigenvalue weighted by atomic mass is 16.3. The smallest absolute Gasteiger partial charge is 0.210 e. The van der Waals surface area contributed by atoms with Crippen LogP contribution in [0.5, 0.6) is 0 Å². The maximum Gasteiger partial charge on any atom is 0.210 e. The summed E-state index contributed by atoms with van der Waals surface area (Å²) in [5, 5.41) is 7.57. The second kappa shape index (κ2) is 2.92. The Balaban J connectivity index is 2.34. The molecule has 0 aromatic carbocycles. The molecule has 0 bridgehead atoms. The number of hydrogen-bond acceptors (Lipinski definition) is 2. The van der Waals surface area contributed by atoms with Crippen LogP contribution >= 0.6 is 0 Å². The molecule has 0 radical (unpaired) electrons. The Morgan fingerprint density at radius 1 is 1.50 bits per heavy atom. The molecule has 0 aliphatic heterocycles. The lowest BCUT2D eigenvalue weighted by molar-refractivity contribution is 0.186. The monoisotopic (exact) mass is 64.0 g/mol. The molecule has 0 atom stereocenters. The third-order valence-corrected chi connectivity index (χ3v) is 0.0833. The van der Waals surface area contributed by atoms with Gasteiger partial charge in [0, 0.05) is 0 Å². The molecule has 0 fully saturated rings. The van der Waals surface area contributed by atoms with Gasteiger partial charge in [-0.2, -0.15) is 0 Å². The van der Waals surface area contributed by atoms with Crippen LogP contribution < -0.4 is 0 Å². The summed E-state index contributed by atoms with van der Waals surface area (Å²) >= 11 is 0. The topological polar surface area (TPSA) is 40.5 Å². The van der Waals surface area contributed by atoms with E-state index in [0.29, 0.717) is 0 Å². The van der Waals surface area contributed by atoms with Gasteiger partial charge in [-0.3, -0.25) is 0 Å². The van der Waals surface area contributed by atoms with E-state index in [1.54, 1.807) is 0 Å². The van der Waals surface area contributed by atoms with Gasteiger partial charge in [0.15, 0.2) is 0 Å². The summed E-state index contributed by atoms with van der Waals surface area (Å²) in [6.07, 6.45) is 0. The van der Waals surface area contributed by atoms with Crippen molar-refractivity contribution in [2.45, 2.75) is 0 Å². The summed E-state index contributed by atoms with van der Waals surface area (Å²) in [5.41, 5.74) is 0. The highest BCUT2D eigenvalue weighted by molar-refractivity contribution is 4.06. The van der Waals surface area contributed by atoms with Crippen molar-refractivity contribution < 1.29 is 10.2 Å². The molecule has 0 unspecified atom stereocenters. The third kappa shape index (κ3) is 1.92. The molecule has 26 valence electrons. The second-order valence-corrected chi connectivity index (χ2v) is 0.408. The predicted octanol–water partition coefficient (Wildman–Crippen LogP) is -1.03. The fourth-order valence-corrected chi connectivity index (χ4v) is 0. The lowest BCUT2D eigenvalue weighted by atomic mass is 10.8. The molecule has 0 aliphatic rings. The molecule has 2 N–H and O–H groups in total. The van der Waals surface area contributed by atoms with E-state index in [-0.39, 0.29) is 13.2 Å². The van der Waals surface area contributed by atoms with E-state index in [1.807, 2.05) is 0 Å². The second-order valence-electron chi connectivity index (χ2n) is 0.408. The average molecular weight is 64.1 g/mol. The first-order valence-corrected chi connectivity index (χ1v) is 1.08. The van der Waals surface area contributed by atoms with Crippen molar-refractivity contribution >= 4 is 0 Å². The molecule has 0 saturated carbocycles. The maximum absolute atomic E-state index is 6.04. The van der Waals surface area contributed by atoms with Crippen molar-refractivity contribution in [1.29, 1.82) is 2.86 Å². The first-order valence-electron chi connectivity index (χ1n) is 1.89. The van der Waals surface area contributed by atoms with Crippen LogP contribution in [0.3, 0.4) is 0 Å². The van der Waals surface area contributed by atoms with Gasteiger partial charge >= 0.3 is 0 Å². The minimum Gasteiger partial charge on any atom is -0.394 e. The van der Waals surface area contributed by atoms with E-state index in [9.17, 15) is 0 Å². The Morgan fingerprint density at radius 2 is 2.00 bits per heavy atom. The van der Waals surface area contributed by atoms with Gasteiger partial charge in [0.05, 0.1) is 13.2 Å². The minimum absolute atomic E-state index is 0.170. The molecule has 2 heteroatoms. The zero-order chi connectivity index (χ0) is 4.83. The fourth-order valence-electron chi connectivity index (χ4n) is 0. The van der Waals surface area contributed by atoms with Crippen molar-refractivity contribution in [2.24, 2.45) is 0 Å². The Bertz CT molecular complexity index is 21.5. The Kier molecular flexibility index (Phi) is 1.01. The van der Waals surface area contributed by atoms with Gasteiger partial charge in [-0.1, -0.05) is 0 Å². The van der Waals surface area contributed by atoms with Crippen LogP contribution in [0.25, 0.3) is 0 Å². The lowest BCUT2D eigenvalue weighted by Gasteiger charge is -1.70. The van der Waals surface area contributed by atoms with Crippen molar-refractivity contribution in [3.8, 4) is 0 Å². The van der Waals surface area contributed by atoms with Gasteiger partial charge in [0.1, 0.15) is 0 Å². The molecule has 4 heavy (non-hydrogen) atoms. The molecule has 0 spiro atoms. The van der Waals surface area contributed by atoms with E-state index in [1.165, 1.54) is 0 Å². The molecular formula is C2H6O2. The van der Waals surface area contributed by atoms with Crippen LogP contribution in [0.4, 0.5) is 0 Å². The zero-order valence-electron chi connectivity index (χ0n) is 4.23. The van der Waals surface area contributed by atoms with E-state index >= 15 is 0 Å². The summed E-state index contributed by atoms with van der Waals surface area (Å²) in [6.45, 7) is 0.340. The molecule has 0 aromatic heterocycles. The van der Waals surface area contributed by atoms with Crippen molar-refractivity contribution in [3.63, 3.8) is 0 Å². The van der Waals surface area contributed by atoms with Crippen LogP contribution in [0.1, 0.15) is 0 Å². The van der Waals surface area contributed by atoms with Crippen molar-refractivity contribution in [1.82, 2.24) is 0 Å². The quantitative estimate of drug-likeness (QED) is 0.412. The normalized spacial score (nSPS) is 14.0. The molecule has 0 heterocycles. The molecular weight excluding hydrogens is 56.0 g/mol. The van der Waals surface area contributed by atoms with Crippen LogP contribution in [-0.2, 0) is 0 Å². The summed E-state index contributed by atoms with van der Waals surface area (Å²) < 4.78 is 12.1. The number of hydrogen-bond donors (Lipinski definition) is 2. The van der Waals surface area contributed by atoms with E-state index < -0.39 is 0 Å². The van der Waals surface area contributed by atoms with Crippen molar-refractivity contribution in [2.75, 3.05) is 13.2 Å². The third-order valence-electron chi connectivity index (χ3n) is 0.0833. The highest BCUT2D eigenvalue weighted by Gasteiger charge is 1.58. The number of aliphatic hydroxyl groups is 2. The Hall–Kier alpha value is -0.0800. The van der Waals surface area contributed by atoms with Crippen molar-refractivity contribution in [3.05, 3.63) is 0 Å². The minimum atomic E-state index is 0.170. The first-order chi connectivity index (χ1) is 2.91. The summed E-state index contributed by atoms with van der Waals surface area (Å²) in [5.74, 6) is 0. The van der Waals surface area contributed by atoms with E-state index in [4.69, 9.17) is 2.86 Å². The van der Waals surface area contributed by atoms with E-state index in [0.717, 1.165) is 0 Å². The highest BCUT2D eigenvalue weighted by Crippen LogP contribution is 1.39. The van der Waals surface area contributed by atoms with Crippen LogP contribution in [-0.4, -0.2) is 26.3 Å². The fraction of sp³-hybridized carbons (Fsp3) is 1.00. The Labute approximate surface area is 27.7 Å². The summed E-state index contributed by atoms with van der Waals surface area (Å²) in [4.78, 5) is 0. The summed E-state index contributed by atoms with van der Waals surface area (Å²) in [6, 6.07) is 0.